The highest BCUT2D eigenvalue weighted by Crippen LogP contribution is 2.39. The summed E-state index contributed by atoms with van der Waals surface area (Å²) in [6.07, 6.45) is 4.72. The first kappa shape index (κ1) is 49.5. The molecule has 1 atom stereocenters. The van der Waals surface area contributed by atoms with Crippen molar-refractivity contribution in [3.8, 4) is 11.5 Å². The third kappa shape index (κ3) is 11.9. The zero-order valence-corrected chi connectivity index (χ0v) is 30.6. The minimum atomic E-state index is -1.68. The molecule has 0 saturated heterocycles. The molecular weight excluding hydrogens is 851 g/mol. The number of para-hydroxylation sites is 1. The van der Waals surface area contributed by atoms with Crippen LogP contribution in [0.2, 0.25) is 0 Å². The van der Waals surface area contributed by atoms with Gasteiger partial charge in [0.1, 0.15) is 45.8 Å². The van der Waals surface area contributed by atoms with Gasteiger partial charge in [-0.05, 0) is 42.5 Å². The van der Waals surface area contributed by atoms with Crippen molar-refractivity contribution in [1.29, 1.82) is 0 Å². The van der Waals surface area contributed by atoms with Crippen LogP contribution in [0.1, 0.15) is 42.4 Å². The maximum atomic E-state index is 14.6. The summed E-state index contributed by atoms with van der Waals surface area (Å²) in [6.45, 7) is 0. The van der Waals surface area contributed by atoms with E-state index < -0.39 is 75.3 Å². The number of aldehydes is 1. The van der Waals surface area contributed by atoms with Crippen LogP contribution in [0, 0.1) is 58.2 Å². The third-order valence-electron chi connectivity index (χ3n) is 8.17. The third-order valence-corrected chi connectivity index (χ3v) is 8.17. The second kappa shape index (κ2) is 22.1. The number of pyridine rings is 4. The van der Waals surface area contributed by atoms with Crippen molar-refractivity contribution >= 4 is 39.7 Å². The lowest BCUT2D eigenvalue weighted by Gasteiger charge is -2.23. The van der Waals surface area contributed by atoms with E-state index in [1.165, 1.54) is 36.5 Å². The fraction of sp³-hybridized carbons (Fsp3) is 0.0682. The largest absolute Gasteiger partial charge is 0.506 e. The van der Waals surface area contributed by atoms with Gasteiger partial charge in [0.2, 0.25) is 0 Å². The van der Waals surface area contributed by atoms with Gasteiger partial charge in [-0.1, -0.05) is 51.3 Å². The number of nitrogens with zero attached hydrogens (tertiary/aromatic N) is 4. The van der Waals surface area contributed by atoms with E-state index in [2.05, 4.69) is 25.3 Å². The van der Waals surface area contributed by atoms with E-state index in [4.69, 9.17) is 5.73 Å². The molecule has 0 aliphatic heterocycles. The lowest BCUT2D eigenvalue weighted by atomic mass is 9.95. The molecule has 0 aliphatic carbocycles. The number of hydrogen-bond acceptors (Lipinski definition) is 9. The van der Waals surface area contributed by atoms with Crippen molar-refractivity contribution in [3.05, 3.63) is 191 Å². The van der Waals surface area contributed by atoms with Gasteiger partial charge in [-0.25, -0.2) is 53.9 Å². The van der Waals surface area contributed by atoms with E-state index in [0.29, 0.717) is 16.7 Å². The Hall–Kier alpha value is -7.83. The second-order valence-corrected chi connectivity index (χ2v) is 12.2. The Balaban J connectivity index is 0.000000262. The van der Waals surface area contributed by atoms with Crippen molar-refractivity contribution in [2.75, 3.05) is 11.1 Å². The van der Waals surface area contributed by atoms with Gasteiger partial charge < -0.3 is 21.3 Å². The Morgan fingerprint density at radius 3 is 1.57 bits per heavy atom. The molecule has 328 valence electrons. The molecule has 0 saturated carbocycles. The van der Waals surface area contributed by atoms with Crippen molar-refractivity contribution in [1.82, 2.24) is 19.9 Å². The molecule has 8 rings (SSSR count). The minimum Gasteiger partial charge on any atom is -0.506 e. The number of aromatic nitrogens is 4. The number of anilines is 2. The number of nitrogens with one attached hydrogen (secondary N) is 1. The van der Waals surface area contributed by atoms with Gasteiger partial charge in [-0.3, -0.25) is 14.8 Å². The lowest BCUT2D eigenvalue weighted by Crippen LogP contribution is -2.18. The zero-order valence-electron chi connectivity index (χ0n) is 30.6. The van der Waals surface area contributed by atoms with E-state index in [9.17, 15) is 58.9 Å². The standard InChI is InChI=1S/C21H12F5N3O.C9H7NO.C7H2F4O.C5H5FN2.2CH4/c22-11-4-6-15(28-9-11)29-20(16-17(25)13(23)8-14(24)18(16)26)12-5-3-10-2-1-7-27-19(10)21(12)30;11-8-5-1-3-7-4-2-6-10-9(7)8;8-4-1-5(9)7(11)3(2-12)6(4)10;6-4-1-2-5(7)8-3-4;;/h1-9,20,30H,(H,28,29);1-6,11H;1-2H;1-3H,(H2,7,8);2*1H4. The number of aromatic hydroxyl groups is 2. The predicted molar refractivity (Wildman–Crippen MR) is 216 cm³/mol. The molecule has 5 N–H and O–H groups in total. The van der Waals surface area contributed by atoms with Crippen LogP contribution < -0.4 is 11.1 Å². The Kier molecular flexibility index (Phi) is 17.4. The van der Waals surface area contributed by atoms with Crippen LogP contribution in [0.5, 0.6) is 11.5 Å². The highest BCUT2D eigenvalue weighted by atomic mass is 19.2. The fourth-order valence-corrected chi connectivity index (χ4v) is 5.31. The zero-order chi connectivity index (χ0) is 44.4. The Bertz CT molecular complexity index is 2740. The average molecular weight is 885 g/mol. The first-order valence-electron chi connectivity index (χ1n) is 17.1. The Morgan fingerprint density at radius 2 is 1.08 bits per heavy atom. The van der Waals surface area contributed by atoms with E-state index in [-0.39, 0.29) is 61.7 Å². The van der Waals surface area contributed by atoms with E-state index in [1.807, 2.05) is 18.2 Å². The topological polar surface area (TPSA) is 147 Å². The highest BCUT2D eigenvalue weighted by molar-refractivity contribution is 5.86. The Morgan fingerprint density at radius 1 is 0.571 bits per heavy atom. The summed E-state index contributed by atoms with van der Waals surface area (Å²) < 4.78 is 132. The minimum absolute atomic E-state index is 0. The molecule has 0 bridgehead atoms. The lowest BCUT2D eigenvalue weighted by molar-refractivity contribution is 0.111. The number of phenolic OH excluding ortho intramolecular Hbond substituents is 2. The number of hydrogen-bond donors (Lipinski definition) is 4. The molecule has 4 aromatic heterocycles. The van der Waals surface area contributed by atoms with Gasteiger partial charge in [-0.2, -0.15) is 0 Å². The van der Waals surface area contributed by atoms with Crippen molar-refractivity contribution < 1.29 is 58.9 Å². The summed E-state index contributed by atoms with van der Waals surface area (Å²) in [5.41, 5.74) is 3.57. The molecule has 8 aromatic rings. The molecule has 63 heavy (non-hydrogen) atoms. The van der Waals surface area contributed by atoms with Crippen molar-refractivity contribution in [2.24, 2.45) is 0 Å². The normalized spacial score (nSPS) is 10.6. The summed E-state index contributed by atoms with van der Waals surface area (Å²) in [6, 6.07) is 18.7. The molecule has 0 fully saturated rings. The van der Waals surface area contributed by atoms with Crippen LogP contribution >= 0.6 is 0 Å². The highest BCUT2D eigenvalue weighted by Gasteiger charge is 2.30. The maximum Gasteiger partial charge on any atom is 0.172 e. The van der Waals surface area contributed by atoms with Crippen LogP contribution in [0.3, 0.4) is 0 Å². The summed E-state index contributed by atoms with van der Waals surface area (Å²) in [5.74, 6) is -14.0. The fourth-order valence-electron chi connectivity index (χ4n) is 5.31. The van der Waals surface area contributed by atoms with Crippen LogP contribution in [0.4, 0.5) is 55.5 Å². The first-order chi connectivity index (χ1) is 29.1. The molecule has 19 heteroatoms. The number of fused-ring (bicyclic) bond motifs is 2. The van der Waals surface area contributed by atoms with Crippen LogP contribution in [-0.4, -0.2) is 36.4 Å². The van der Waals surface area contributed by atoms with Gasteiger partial charge >= 0.3 is 0 Å². The van der Waals surface area contributed by atoms with Crippen molar-refractivity contribution in [3.63, 3.8) is 0 Å². The summed E-state index contributed by atoms with van der Waals surface area (Å²) in [5, 5.41) is 24.1. The quantitative estimate of drug-likeness (QED) is 0.0753. The smallest absolute Gasteiger partial charge is 0.172 e. The van der Waals surface area contributed by atoms with Gasteiger partial charge in [0.05, 0.1) is 29.6 Å². The van der Waals surface area contributed by atoms with E-state index >= 15 is 0 Å². The second-order valence-electron chi connectivity index (χ2n) is 12.2. The average Bonchev–Trinajstić information content (AvgIpc) is 3.25. The van der Waals surface area contributed by atoms with E-state index in [1.54, 1.807) is 30.5 Å². The van der Waals surface area contributed by atoms with Gasteiger partial charge in [0.25, 0.3) is 0 Å². The van der Waals surface area contributed by atoms with Gasteiger partial charge in [0.15, 0.2) is 52.8 Å². The molecule has 0 amide bonds. The first-order valence-corrected chi connectivity index (χ1v) is 17.1. The molecule has 4 aromatic carbocycles. The molecule has 4 heterocycles. The van der Waals surface area contributed by atoms with Crippen molar-refractivity contribution in [2.45, 2.75) is 20.9 Å². The molecule has 9 nitrogen and oxygen atoms in total. The molecule has 1 unspecified atom stereocenters. The summed E-state index contributed by atoms with van der Waals surface area (Å²) in [7, 11) is 0. The molecule has 0 radical (unpaired) electrons. The van der Waals surface area contributed by atoms with Crippen LogP contribution in [0.15, 0.2) is 116 Å². The molecule has 0 spiro atoms. The number of phenols is 2. The number of nitrogen functional groups attached to an aromatic ring is 1. The number of halogens is 10. The van der Waals surface area contributed by atoms with Crippen LogP contribution in [-0.2, 0) is 0 Å². The predicted octanol–water partition coefficient (Wildman–Crippen LogP) is 11.3. The number of nitrogens with two attached hydrogens (primary N) is 1. The molecular formula is C44H34F10N6O3. The summed E-state index contributed by atoms with van der Waals surface area (Å²) >= 11 is 0. The number of rotatable bonds is 5. The SMILES string of the molecule is C.C.Nc1ccc(F)cn1.O=Cc1c(F)c(F)cc(F)c1F.Oc1c(C(Nc2ccc(F)cn2)c2c(F)c(F)cc(F)c2F)ccc2cccnc12.Oc1cccc2cccnc12. The van der Waals surface area contributed by atoms with Crippen LogP contribution in [0.25, 0.3) is 21.8 Å². The maximum absolute atomic E-state index is 14.6. The Labute approximate surface area is 352 Å². The monoisotopic (exact) mass is 884 g/mol. The van der Waals surface area contributed by atoms with E-state index in [0.717, 1.165) is 23.8 Å². The number of carbonyl (C=O) groups excluding carboxylic acids is 1. The summed E-state index contributed by atoms with van der Waals surface area (Å²) in [4.78, 5) is 25.2. The number of benzene rings is 4. The van der Waals surface area contributed by atoms with Gasteiger partial charge in [-0.15, -0.1) is 0 Å². The number of carbonyl (C=O) groups is 1. The van der Waals surface area contributed by atoms with Gasteiger partial charge in [0, 0.05) is 40.9 Å². The molecule has 0 aliphatic rings.